The number of hydrogen-bond acceptors (Lipinski definition) is 6. The molecule has 2 aromatic rings. The Morgan fingerprint density at radius 3 is 2.19 bits per heavy atom. The van der Waals surface area contributed by atoms with Crippen molar-refractivity contribution in [1.29, 1.82) is 0 Å². The van der Waals surface area contributed by atoms with Crippen LogP contribution in [-0.2, 0) is 4.79 Å². The second-order valence-corrected chi connectivity index (χ2v) is 8.99. The molecule has 1 aromatic heterocycles. The summed E-state index contributed by atoms with van der Waals surface area (Å²) in [5, 5.41) is 0. The van der Waals surface area contributed by atoms with Crippen molar-refractivity contribution in [3.05, 3.63) is 47.7 Å². The predicted molar refractivity (Wildman–Crippen MR) is 125 cm³/mol. The van der Waals surface area contributed by atoms with Crippen molar-refractivity contribution in [2.45, 2.75) is 26.7 Å². The lowest BCUT2D eigenvalue weighted by Crippen LogP contribution is -2.54. The molecule has 0 bridgehead atoms. The maximum Gasteiger partial charge on any atom is 0.236 e. The van der Waals surface area contributed by atoms with Crippen molar-refractivity contribution < 1.29 is 9.18 Å². The van der Waals surface area contributed by atoms with E-state index in [1.54, 1.807) is 12.1 Å². The van der Waals surface area contributed by atoms with E-state index in [1.807, 2.05) is 17.9 Å². The molecule has 1 aromatic carbocycles. The minimum Gasteiger partial charge on any atom is -0.368 e. The first-order valence-corrected chi connectivity index (χ1v) is 11.5. The van der Waals surface area contributed by atoms with Crippen LogP contribution in [-0.4, -0.2) is 84.6 Å². The molecular formula is C24H33FN6O. The van der Waals surface area contributed by atoms with Gasteiger partial charge in [0.05, 0.1) is 6.54 Å². The van der Waals surface area contributed by atoms with E-state index < -0.39 is 0 Å². The molecule has 0 spiro atoms. The maximum atomic E-state index is 13.1. The zero-order valence-electron chi connectivity index (χ0n) is 19.3. The van der Waals surface area contributed by atoms with Gasteiger partial charge in [0.15, 0.2) is 0 Å². The molecule has 2 saturated heterocycles. The van der Waals surface area contributed by atoms with Crippen LogP contribution in [0.15, 0.2) is 30.3 Å². The predicted octanol–water partition coefficient (Wildman–Crippen LogP) is 2.52. The van der Waals surface area contributed by atoms with Crippen LogP contribution in [0.2, 0.25) is 0 Å². The summed E-state index contributed by atoms with van der Waals surface area (Å²) in [5.74, 6) is 2.15. The van der Waals surface area contributed by atoms with Crippen molar-refractivity contribution in [2.24, 2.45) is 0 Å². The molecule has 1 amide bonds. The molecule has 2 aliphatic heterocycles. The van der Waals surface area contributed by atoms with E-state index in [9.17, 15) is 9.18 Å². The summed E-state index contributed by atoms with van der Waals surface area (Å²) in [5.41, 5.74) is 2.01. The van der Waals surface area contributed by atoms with Crippen LogP contribution in [0.25, 0.3) is 0 Å². The van der Waals surface area contributed by atoms with E-state index in [-0.39, 0.29) is 11.7 Å². The number of carbonyl (C=O) groups is 1. The number of piperazine rings is 2. The monoisotopic (exact) mass is 440 g/mol. The van der Waals surface area contributed by atoms with E-state index in [4.69, 9.17) is 4.98 Å². The second kappa shape index (κ2) is 9.81. The van der Waals surface area contributed by atoms with E-state index in [0.29, 0.717) is 25.6 Å². The minimum absolute atomic E-state index is 0.192. The summed E-state index contributed by atoms with van der Waals surface area (Å²) in [6.45, 7) is 13.1. The first-order valence-electron chi connectivity index (χ1n) is 11.5. The smallest absolute Gasteiger partial charge is 0.236 e. The number of aromatic nitrogens is 2. The summed E-state index contributed by atoms with van der Waals surface area (Å²) in [6.07, 6.45) is 0. The van der Waals surface area contributed by atoms with Crippen LogP contribution >= 0.6 is 0 Å². The highest BCUT2D eigenvalue weighted by Gasteiger charge is 2.25. The van der Waals surface area contributed by atoms with Crippen LogP contribution in [0, 0.1) is 12.7 Å². The molecule has 4 rings (SSSR count). The summed E-state index contributed by atoms with van der Waals surface area (Å²) in [7, 11) is 0. The first-order chi connectivity index (χ1) is 15.4. The molecule has 7 nitrogen and oxygen atoms in total. The van der Waals surface area contributed by atoms with Gasteiger partial charge in [-0.1, -0.05) is 13.8 Å². The van der Waals surface area contributed by atoms with Gasteiger partial charge in [0, 0.05) is 75.7 Å². The number of hydrogen-bond donors (Lipinski definition) is 0. The van der Waals surface area contributed by atoms with Crippen LogP contribution in [0.5, 0.6) is 0 Å². The molecule has 0 N–H and O–H groups in total. The van der Waals surface area contributed by atoms with Crippen LogP contribution in [0.3, 0.4) is 0 Å². The summed E-state index contributed by atoms with van der Waals surface area (Å²) >= 11 is 0. The minimum atomic E-state index is -0.224. The van der Waals surface area contributed by atoms with Gasteiger partial charge in [0.1, 0.15) is 17.5 Å². The van der Waals surface area contributed by atoms with Crippen LogP contribution in [0.1, 0.15) is 31.3 Å². The third-order valence-electron chi connectivity index (χ3n) is 6.25. The van der Waals surface area contributed by atoms with Crippen LogP contribution in [0.4, 0.5) is 15.9 Å². The van der Waals surface area contributed by atoms with Gasteiger partial charge in [-0.15, -0.1) is 0 Å². The van der Waals surface area contributed by atoms with Crippen molar-refractivity contribution in [2.75, 3.05) is 68.7 Å². The summed E-state index contributed by atoms with van der Waals surface area (Å²) in [6, 6.07) is 8.62. The van der Waals surface area contributed by atoms with Gasteiger partial charge in [0.25, 0.3) is 0 Å². The highest BCUT2D eigenvalue weighted by Crippen LogP contribution is 2.20. The van der Waals surface area contributed by atoms with Crippen molar-refractivity contribution in [3.8, 4) is 0 Å². The highest BCUT2D eigenvalue weighted by molar-refractivity contribution is 5.78. The third-order valence-corrected chi connectivity index (χ3v) is 6.25. The Labute approximate surface area is 189 Å². The largest absolute Gasteiger partial charge is 0.368 e. The number of carbonyl (C=O) groups excluding carboxylic acids is 1. The third kappa shape index (κ3) is 5.35. The molecule has 2 fully saturated rings. The van der Waals surface area contributed by atoms with Gasteiger partial charge in [-0.25, -0.2) is 14.4 Å². The van der Waals surface area contributed by atoms with E-state index in [2.05, 4.69) is 33.5 Å². The molecule has 32 heavy (non-hydrogen) atoms. The second-order valence-electron chi connectivity index (χ2n) is 8.99. The number of nitrogens with zero attached hydrogens (tertiary/aromatic N) is 6. The van der Waals surface area contributed by atoms with Crippen molar-refractivity contribution >= 4 is 17.4 Å². The van der Waals surface area contributed by atoms with Gasteiger partial charge in [0.2, 0.25) is 5.91 Å². The first kappa shape index (κ1) is 22.5. The maximum absolute atomic E-state index is 13.1. The molecule has 0 saturated carbocycles. The zero-order valence-corrected chi connectivity index (χ0v) is 19.3. The van der Waals surface area contributed by atoms with E-state index in [0.717, 1.165) is 62.3 Å². The molecule has 0 radical (unpaired) electrons. The van der Waals surface area contributed by atoms with Gasteiger partial charge in [-0.05, 0) is 31.2 Å². The number of rotatable bonds is 5. The topological polar surface area (TPSA) is 55.8 Å². The van der Waals surface area contributed by atoms with E-state index in [1.165, 1.54) is 12.1 Å². The highest BCUT2D eigenvalue weighted by atomic mass is 19.1. The Kier molecular flexibility index (Phi) is 6.89. The van der Waals surface area contributed by atoms with Crippen molar-refractivity contribution in [3.63, 3.8) is 0 Å². The lowest BCUT2D eigenvalue weighted by Gasteiger charge is -2.39. The Morgan fingerprint density at radius 1 is 0.938 bits per heavy atom. The SMILES string of the molecule is Cc1cc(N2CCN(CC(=O)N3CCN(c4ccc(F)cc4)CC3)CC2)nc(C(C)C)n1. The van der Waals surface area contributed by atoms with Gasteiger partial charge < -0.3 is 14.7 Å². The molecule has 172 valence electrons. The summed E-state index contributed by atoms with van der Waals surface area (Å²) < 4.78 is 13.1. The van der Waals surface area contributed by atoms with Gasteiger partial charge in [-0.3, -0.25) is 9.69 Å². The van der Waals surface area contributed by atoms with Gasteiger partial charge >= 0.3 is 0 Å². The Balaban J connectivity index is 1.25. The van der Waals surface area contributed by atoms with Crippen molar-refractivity contribution in [1.82, 2.24) is 19.8 Å². The fraction of sp³-hybridized carbons (Fsp3) is 0.542. The average molecular weight is 441 g/mol. The summed E-state index contributed by atoms with van der Waals surface area (Å²) in [4.78, 5) is 30.8. The number of amides is 1. The molecular weight excluding hydrogens is 407 g/mol. The molecule has 3 heterocycles. The normalized spacial score (nSPS) is 17.8. The molecule has 0 unspecified atom stereocenters. The van der Waals surface area contributed by atoms with Crippen LogP contribution < -0.4 is 9.80 Å². The molecule has 8 heteroatoms. The number of anilines is 2. The molecule has 0 aliphatic carbocycles. The molecule has 0 atom stereocenters. The molecule has 2 aliphatic rings. The fourth-order valence-electron chi connectivity index (χ4n) is 4.29. The Hall–Kier alpha value is -2.74. The lowest BCUT2D eigenvalue weighted by molar-refractivity contribution is -0.132. The Bertz CT molecular complexity index is 919. The van der Waals surface area contributed by atoms with Gasteiger partial charge in [-0.2, -0.15) is 0 Å². The average Bonchev–Trinajstić information content (AvgIpc) is 2.80. The Morgan fingerprint density at radius 2 is 1.56 bits per heavy atom. The lowest BCUT2D eigenvalue weighted by atomic mass is 10.2. The zero-order chi connectivity index (χ0) is 22.7. The number of benzene rings is 1. The standard InChI is InChI=1S/C24H33FN6O/c1-18(2)24-26-19(3)16-22(27-24)30-10-8-28(9-11-30)17-23(32)31-14-12-29(13-15-31)21-6-4-20(25)5-7-21/h4-7,16,18H,8-15,17H2,1-3H3. The fourth-order valence-corrected chi connectivity index (χ4v) is 4.29. The van der Waals surface area contributed by atoms with E-state index >= 15 is 0 Å². The number of halogens is 1. The number of aryl methyl sites for hydroxylation is 1. The quantitative estimate of drug-likeness (QED) is 0.712.